The van der Waals surface area contributed by atoms with Gasteiger partial charge < -0.3 is 14.8 Å². The van der Waals surface area contributed by atoms with Gasteiger partial charge in [0.1, 0.15) is 11.5 Å². The van der Waals surface area contributed by atoms with E-state index in [0.29, 0.717) is 18.4 Å². The largest absolute Gasteiger partial charge is 0.497 e. The molecule has 1 N–H and O–H groups in total. The molecule has 0 aromatic heterocycles. The topological polar surface area (TPSA) is 71.3 Å². The molecule has 0 heterocycles. The van der Waals surface area contributed by atoms with E-state index in [2.05, 4.69) is 11.4 Å². The van der Waals surface area contributed by atoms with Crippen LogP contribution in [0.2, 0.25) is 0 Å². The van der Waals surface area contributed by atoms with Gasteiger partial charge in [0.25, 0.3) is 0 Å². The normalized spacial score (nSPS) is 11.3. The standard InChI is InChI=1S/C20H22N2O3/c1-14(16-6-4-15(13-21)5-7-16)22-20(23)11-8-17-12-18(24-2)9-10-19(17)25-3/h4-7,9-10,12,14H,8,11H2,1-3H3,(H,22,23). The average Bonchev–Trinajstić information content (AvgIpc) is 2.66. The summed E-state index contributed by atoms with van der Waals surface area (Å²) in [6, 6.07) is 14.7. The van der Waals surface area contributed by atoms with Crippen molar-refractivity contribution >= 4 is 5.91 Å². The van der Waals surface area contributed by atoms with Crippen LogP contribution in [0, 0.1) is 11.3 Å². The Morgan fingerprint density at radius 3 is 2.48 bits per heavy atom. The summed E-state index contributed by atoms with van der Waals surface area (Å²) in [6.45, 7) is 1.92. The number of benzene rings is 2. The van der Waals surface area contributed by atoms with Crippen molar-refractivity contribution in [1.29, 1.82) is 5.26 Å². The van der Waals surface area contributed by atoms with E-state index >= 15 is 0 Å². The van der Waals surface area contributed by atoms with E-state index in [0.717, 1.165) is 22.6 Å². The molecule has 2 rings (SSSR count). The van der Waals surface area contributed by atoms with Gasteiger partial charge in [-0.05, 0) is 54.8 Å². The van der Waals surface area contributed by atoms with E-state index in [-0.39, 0.29) is 11.9 Å². The van der Waals surface area contributed by atoms with Crippen LogP contribution in [0.5, 0.6) is 11.5 Å². The summed E-state index contributed by atoms with van der Waals surface area (Å²) < 4.78 is 10.6. The molecule has 1 unspecified atom stereocenters. The highest BCUT2D eigenvalue weighted by molar-refractivity contribution is 5.76. The second-order valence-corrected chi connectivity index (χ2v) is 5.70. The molecular weight excluding hydrogens is 316 g/mol. The zero-order valence-corrected chi connectivity index (χ0v) is 14.7. The zero-order valence-electron chi connectivity index (χ0n) is 14.7. The number of nitrogens with zero attached hydrogens (tertiary/aromatic N) is 1. The number of nitriles is 1. The molecule has 1 amide bonds. The highest BCUT2D eigenvalue weighted by Crippen LogP contribution is 2.25. The van der Waals surface area contributed by atoms with Gasteiger partial charge in [-0.15, -0.1) is 0 Å². The first-order valence-electron chi connectivity index (χ1n) is 8.07. The number of hydrogen-bond acceptors (Lipinski definition) is 4. The molecule has 2 aromatic rings. The first-order valence-corrected chi connectivity index (χ1v) is 8.07. The average molecular weight is 338 g/mol. The summed E-state index contributed by atoms with van der Waals surface area (Å²) >= 11 is 0. The van der Waals surface area contributed by atoms with Crippen molar-refractivity contribution in [1.82, 2.24) is 5.32 Å². The Hall–Kier alpha value is -3.00. The van der Waals surface area contributed by atoms with Crippen LogP contribution in [-0.2, 0) is 11.2 Å². The molecule has 25 heavy (non-hydrogen) atoms. The van der Waals surface area contributed by atoms with Crippen molar-refractivity contribution in [3.63, 3.8) is 0 Å². The Morgan fingerprint density at radius 2 is 1.88 bits per heavy atom. The van der Waals surface area contributed by atoms with E-state index in [1.807, 2.05) is 37.3 Å². The van der Waals surface area contributed by atoms with Crippen molar-refractivity contribution < 1.29 is 14.3 Å². The minimum atomic E-state index is -0.118. The van der Waals surface area contributed by atoms with Gasteiger partial charge in [0.15, 0.2) is 0 Å². The van der Waals surface area contributed by atoms with Gasteiger partial charge in [0, 0.05) is 6.42 Å². The van der Waals surface area contributed by atoms with Crippen molar-refractivity contribution in [2.24, 2.45) is 0 Å². The third-order valence-electron chi connectivity index (χ3n) is 4.03. The van der Waals surface area contributed by atoms with Crippen LogP contribution in [0.4, 0.5) is 0 Å². The predicted molar refractivity (Wildman–Crippen MR) is 95.6 cm³/mol. The SMILES string of the molecule is COc1ccc(OC)c(CCC(=O)NC(C)c2ccc(C#N)cc2)c1. The maximum Gasteiger partial charge on any atom is 0.220 e. The second kappa shape index (κ2) is 8.74. The summed E-state index contributed by atoms with van der Waals surface area (Å²) in [6.07, 6.45) is 0.913. The lowest BCUT2D eigenvalue weighted by atomic mass is 10.1. The number of hydrogen-bond donors (Lipinski definition) is 1. The van der Waals surface area contributed by atoms with Gasteiger partial charge in [-0.2, -0.15) is 5.26 Å². The number of nitrogens with one attached hydrogen (secondary N) is 1. The minimum absolute atomic E-state index is 0.0401. The van der Waals surface area contributed by atoms with E-state index in [1.54, 1.807) is 26.4 Å². The Morgan fingerprint density at radius 1 is 1.16 bits per heavy atom. The Labute approximate surface area is 148 Å². The fourth-order valence-electron chi connectivity index (χ4n) is 2.57. The first kappa shape index (κ1) is 18.3. The minimum Gasteiger partial charge on any atom is -0.497 e. The van der Waals surface area contributed by atoms with Crippen LogP contribution in [0.15, 0.2) is 42.5 Å². The highest BCUT2D eigenvalue weighted by atomic mass is 16.5. The molecule has 0 radical (unpaired) electrons. The highest BCUT2D eigenvalue weighted by Gasteiger charge is 2.12. The molecule has 0 spiro atoms. The zero-order chi connectivity index (χ0) is 18.2. The van der Waals surface area contributed by atoms with Gasteiger partial charge >= 0.3 is 0 Å². The molecule has 2 aromatic carbocycles. The molecule has 5 nitrogen and oxygen atoms in total. The number of rotatable bonds is 7. The second-order valence-electron chi connectivity index (χ2n) is 5.70. The van der Waals surface area contributed by atoms with Crippen molar-refractivity contribution in [3.05, 3.63) is 59.2 Å². The Balaban J connectivity index is 1.95. The summed E-state index contributed by atoms with van der Waals surface area (Å²) in [5.41, 5.74) is 2.50. The molecule has 0 saturated carbocycles. The molecule has 0 aliphatic carbocycles. The summed E-state index contributed by atoms with van der Waals surface area (Å²) in [5, 5.41) is 11.8. The molecule has 130 valence electrons. The van der Waals surface area contributed by atoms with Crippen LogP contribution in [0.1, 0.15) is 36.1 Å². The maximum absolute atomic E-state index is 12.2. The van der Waals surface area contributed by atoms with Crippen LogP contribution >= 0.6 is 0 Å². The van der Waals surface area contributed by atoms with Crippen LogP contribution in [-0.4, -0.2) is 20.1 Å². The van der Waals surface area contributed by atoms with E-state index < -0.39 is 0 Å². The van der Waals surface area contributed by atoms with Crippen molar-refractivity contribution in [2.45, 2.75) is 25.8 Å². The number of methoxy groups -OCH3 is 2. The molecule has 0 bridgehead atoms. The molecule has 5 heteroatoms. The van der Waals surface area contributed by atoms with Gasteiger partial charge in [-0.25, -0.2) is 0 Å². The van der Waals surface area contributed by atoms with Gasteiger partial charge in [0.2, 0.25) is 5.91 Å². The van der Waals surface area contributed by atoms with Crippen molar-refractivity contribution in [3.8, 4) is 17.6 Å². The number of carbonyl (C=O) groups is 1. The van der Waals surface area contributed by atoms with E-state index in [1.165, 1.54) is 0 Å². The Bertz CT molecular complexity index is 764. The van der Waals surface area contributed by atoms with Gasteiger partial charge in [0.05, 0.1) is 31.9 Å². The molecule has 0 fully saturated rings. The van der Waals surface area contributed by atoms with Gasteiger partial charge in [-0.1, -0.05) is 12.1 Å². The molecule has 0 aliphatic heterocycles. The van der Waals surface area contributed by atoms with Crippen LogP contribution in [0.3, 0.4) is 0 Å². The smallest absolute Gasteiger partial charge is 0.220 e. The third kappa shape index (κ3) is 4.98. The summed E-state index contributed by atoms with van der Waals surface area (Å²) in [4.78, 5) is 12.2. The number of carbonyl (C=O) groups excluding carboxylic acids is 1. The van der Waals surface area contributed by atoms with Crippen LogP contribution in [0.25, 0.3) is 0 Å². The number of aryl methyl sites for hydroxylation is 1. The summed E-state index contributed by atoms with van der Waals surface area (Å²) in [7, 11) is 3.22. The fourth-order valence-corrected chi connectivity index (χ4v) is 2.57. The summed E-state index contributed by atoms with van der Waals surface area (Å²) in [5.74, 6) is 1.44. The quantitative estimate of drug-likeness (QED) is 0.840. The van der Waals surface area contributed by atoms with E-state index in [9.17, 15) is 4.79 Å². The molecule has 1 atom stereocenters. The fraction of sp³-hybridized carbons (Fsp3) is 0.300. The number of ether oxygens (including phenoxy) is 2. The molecular formula is C20H22N2O3. The van der Waals surface area contributed by atoms with E-state index in [4.69, 9.17) is 14.7 Å². The first-order chi connectivity index (χ1) is 12.1. The maximum atomic E-state index is 12.2. The molecule has 0 aliphatic rings. The lowest BCUT2D eigenvalue weighted by Gasteiger charge is -2.15. The third-order valence-corrected chi connectivity index (χ3v) is 4.03. The number of amides is 1. The lowest BCUT2D eigenvalue weighted by molar-refractivity contribution is -0.121. The predicted octanol–water partition coefficient (Wildman–Crippen LogP) is 3.39. The monoisotopic (exact) mass is 338 g/mol. The Kier molecular flexibility index (Phi) is 6.41. The lowest BCUT2D eigenvalue weighted by Crippen LogP contribution is -2.26. The van der Waals surface area contributed by atoms with Crippen LogP contribution < -0.4 is 14.8 Å². The van der Waals surface area contributed by atoms with Crippen molar-refractivity contribution in [2.75, 3.05) is 14.2 Å². The van der Waals surface area contributed by atoms with Gasteiger partial charge in [-0.3, -0.25) is 4.79 Å². The molecule has 0 saturated heterocycles.